The van der Waals surface area contributed by atoms with Gasteiger partial charge in [0.25, 0.3) is 5.91 Å². The van der Waals surface area contributed by atoms with Gasteiger partial charge in [0, 0.05) is 30.0 Å². The standard InChI is InChI=1S/C24H24FN5O2S/c25-19-11-10-17(13-18(19)22-28-27-21-9-5-2-6-12-29(21)22)26-23(31)20-14-33-15-30(20)24(32)16-7-3-1-4-8-16/h1,3-4,7-8,10-11,13,20H,2,5-6,9,12,14-15H2,(H,26,31). The predicted octanol–water partition coefficient (Wildman–Crippen LogP) is 3.96. The van der Waals surface area contributed by atoms with Crippen molar-refractivity contribution in [3.05, 3.63) is 65.7 Å². The summed E-state index contributed by atoms with van der Waals surface area (Å²) < 4.78 is 16.7. The fraction of sp³-hybridized carbons (Fsp3) is 0.333. The Kier molecular flexibility index (Phi) is 6.13. The molecule has 1 unspecified atom stereocenters. The van der Waals surface area contributed by atoms with E-state index < -0.39 is 11.9 Å². The molecule has 5 rings (SSSR count). The van der Waals surface area contributed by atoms with Crippen molar-refractivity contribution in [2.75, 3.05) is 16.9 Å². The van der Waals surface area contributed by atoms with E-state index in [2.05, 4.69) is 15.5 Å². The summed E-state index contributed by atoms with van der Waals surface area (Å²) in [5.74, 6) is 1.44. The number of rotatable bonds is 4. The second-order valence-electron chi connectivity index (χ2n) is 8.24. The number of amides is 2. The number of anilines is 1. The summed E-state index contributed by atoms with van der Waals surface area (Å²) in [6.07, 6.45) is 3.99. The van der Waals surface area contributed by atoms with Gasteiger partial charge in [0.1, 0.15) is 17.7 Å². The molecule has 3 heterocycles. The predicted molar refractivity (Wildman–Crippen MR) is 125 cm³/mol. The molecule has 1 atom stereocenters. The molecule has 1 saturated heterocycles. The molecule has 3 aromatic rings. The summed E-state index contributed by atoms with van der Waals surface area (Å²) in [5, 5.41) is 11.4. The van der Waals surface area contributed by atoms with Crippen LogP contribution in [0.15, 0.2) is 48.5 Å². The zero-order chi connectivity index (χ0) is 22.8. The topological polar surface area (TPSA) is 80.1 Å². The number of thioether (sulfide) groups is 1. The van der Waals surface area contributed by atoms with Crippen molar-refractivity contribution in [3.8, 4) is 11.4 Å². The molecule has 1 aromatic heterocycles. The second kappa shape index (κ2) is 9.35. The Balaban J connectivity index is 1.36. The summed E-state index contributed by atoms with van der Waals surface area (Å²) in [4.78, 5) is 27.6. The van der Waals surface area contributed by atoms with Crippen LogP contribution in [0, 0.1) is 5.82 Å². The molecule has 2 aromatic carbocycles. The summed E-state index contributed by atoms with van der Waals surface area (Å²) in [5.41, 5.74) is 1.33. The van der Waals surface area contributed by atoms with E-state index in [0.29, 0.717) is 34.3 Å². The molecule has 1 N–H and O–H groups in total. The molecule has 0 spiro atoms. The Bertz CT molecular complexity index is 1180. The van der Waals surface area contributed by atoms with Crippen molar-refractivity contribution in [2.24, 2.45) is 0 Å². The number of benzene rings is 2. The van der Waals surface area contributed by atoms with Crippen LogP contribution in [0.1, 0.15) is 35.4 Å². The first-order chi connectivity index (χ1) is 16.1. The van der Waals surface area contributed by atoms with Crippen LogP contribution in [0.4, 0.5) is 10.1 Å². The van der Waals surface area contributed by atoms with Gasteiger partial charge in [-0.3, -0.25) is 9.59 Å². The lowest BCUT2D eigenvalue weighted by molar-refractivity contribution is -0.119. The Morgan fingerprint density at radius 3 is 2.76 bits per heavy atom. The van der Waals surface area contributed by atoms with E-state index in [1.54, 1.807) is 35.2 Å². The summed E-state index contributed by atoms with van der Waals surface area (Å²) in [7, 11) is 0. The van der Waals surface area contributed by atoms with E-state index in [1.807, 2.05) is 10.6 Å². The average molecular weight is 466 g/mol. The second-order valence-corrected chi connectivity index (χ2v) is 9.24. The van der Waals surface area contributed by atoms with E-state index in [-0.39, 0.29) is 11.8 Å². The lowest BCUT2D eigenvalue weighted by atomic mass is 10.1. The van der Waals surface area contributed by atoms with Gasteiger partial charge in [-0.2, -0.15) is 0 Å². The zero-order valence-corrected chi connectivity index (χ0v) is 18.9. The van der Waals surface area contributed by atoms with Crippen LogP contribution in [0.2, 0.25) is 0 Å². The molecule has 9 heteroatoms. The van der Waals surface area contributed by atoms with Crippen molar-refractivity contribution in [3.63, 3.8) is 0 Å². The van der Waals surface area contributed by atoms with Crippen LogP contribution < -0.4 is 5.32 Å². The van der Waals surface area contributed by atoms with Crippen molar-refractivity contribution in [2.45, 2.75) is 38.3 Å². The van der Waals surface area contributed by atoms with E-state index in [9.17, 15) is 14.0 Å². The molecule has 1 fully saturated rings. The first-order valence-corrected chi connectivity index (χ1v) is 12.2. The van der Waals surface area contributed by atoms with Crippen LogP contribution in [-0.2, 0) is 17.8 Å². The number of hydrogen-bond donors (Lipinski definition) is 1. The van der Waals surface area contributed by atoms with Gasteiger partial charge in [0.2, 0.25) is 5.91 Å². The Labute approximate surface area is 195 Å². The molecule has 0 bridgehead atoms. The first-order valence-electron chi connectivity index (χ1n) is 11.1. The van der Waals surface area contributed by atoms with Crippen molar-refractivity contribution >= 4 is 29.3 Å². The van der Waals surface area contributed by atoms with Crippen LogP contribution in [0.3, 0.4) is 0 Å². The van der Waals surface area contributed by atoms with Gasteiger partial charge < -0.3 is 14.8 Å². The Hall–Kier alpha value is -3.20. The molecule has 7 nitrogen and oxygen atoms in total. The van der Waals surface area contributed by atoms with Gasteiger partial charge in [-0.1, -0.05) is 24.6 Å². The van der Waals surface area contributed by atoms with E-state index in [4.69, 9.17) is 0 Å². The minimum atomic E-state index is -0.597. The fourth-order valence-corrected chi connectivity index (χ4v) is 5.44. The normalized spacial score (nSPS) is 18.0. The monoisotopic (exact) mass is 465 g/mol. The summed E-state index contributed by atoms with van der Waals surface area (Å²) in [6.45, 7) is 0.754. The van der Waals surface area contributed by atoms with Gasteiger partial charge >= 0.3 is 0 Å². The van der Waals surface area contributed by atoms with E-state index in [0.717, 1.165) is 38.1 Å². The highest BCUT2D eigenvalue weighted by atomic mass is 32.2. The third-order valence-electron chi connectivity index (χ3n) is 6.05. The van der Waals surface area contributed by atoms with Gasteiger partial charge in [-0.25, -0.2) is 4.39 Å². The fourth-order valence-electron chi connectivity index (χ4n) is 4.29. The van der Waals surface area contributed by atoms with Crippen LogP contribution in [0.5, 0.6) is 0 Å². The number of carbonyl (C=O) groups excluding carboxylic acids is 2. The lowest BCUT2D eigenvalue weighted by Gasteiger charge is -2.23. The lowest BCUT2D eigenvalue weighted by Crippen LogP contribution is -2.44. The van der Waals surface area contributed by atoms with Gasteiger partial charge in [-0.15, -0.1) is 22.0 Å². The zero-order valence-electron chi connectivity index (χ0n) is 18.0. The molecule has 2 amide bonds. The number of nitrogens with one attached hydrogen (secondary N) is 1. The van der Waals surface area contributed by atoms with Crippen molar-refractivity contribution in [1.29, 1.82) is 0 Å². The Morgan fingerprint density at radius 2 is 1.91 bits per heavy atom. The smallest absolute Gasteiger partial charge is 0.255 e. The Morgan fingerprint density at radius 1 is 1.06 bits per heavy atom. The minimum Gasteiger partial charge on any atom is -0.324 e. The van der Waals surface area contributed by atoms with Crippen LogP contribution in [0.25, 0.3) is 11.4 Å². The molecule has 170 valence electrons. The number of aromatic nitrogens is 3. The van der Waals surface area contributed by atoms with E-state index >= 15 is 0 Å². The molecule has 0 saturated carbocycles. The first kappa shape index (κ1) is 21.6. The van der Waals surface area contributed by atoms with Crippen LogP contribution in [-0.4, -0.2) is 49.2 Å². The number of carbonyl (C=O) groups is 2. The number of halogens is 1. The highest BCUT2D eigenvalue weighted by molar-refractivity contribution is 7.99. The number of nitrogens with zero attached hydrogens (tertiary/aromatic N) is 4. The van der Waals surface area contributed by atoms with Gasteiger partial charge in [0.15, 0.2) is 5.82 Å². The SMILES string of the molecule is O=C(Nc1ccc(F)c(-c2nnc3n2CCCCC3)c1)C1CSCN1C(=O)c1ccccc1. The van der Waals surface area contributed by atoms with Crippen LogP contribution >= 0.6 is 11.8 Å². The number of hydrogen-bond acceptors (Lipinski definition) is 5. The summed E-state index contributed by atoms with van der Waals surface area (Å²) in [6, 6.07) is 12.8. The van der Waals surface area contributed by atoms with Gasteiger partial charge in [0.05, 0.1) is 11.4 Å². The molecular weight excluding hydrogens is 441 g/mol. The molecular formula is C24H24FN5O2S. The van der Waals surface area contributed by atoms with Crippen molar-refractivity contribution in [1.82, 2.24) is 19.7 Å². The highest BCUT2D eigenvalue weighted by Gasteiger charge is 2.35. The van der Waals surface area contributed by atoms with E-state index in [1.165, 1.54) is 23.9 Å². The number of fused-ring (bicyclic) bond motifs is 1. The average Bonchev–Trinajstić information content (AvgIpc) is 3.42. The number of aryl methyl sites for hydroxylation is 1. The molecule has 33 heavy (non-hydrogen) atoms. The third kappa shape index (κ3) is 4.37. The maximum Gasteiger partial charge on any atom is 0.255 e. The van der Waals surface area contributed by atoms with Gasteiger partial charge in [-0.05, 0) is 43.2 Å². The molecule has 2 aliphatic heterocycles. The third-order valence-corrected chi connectivity index (χ3v) is 7.06. The quantitative estimate of drug-likeness (QED) is 0.631. The molecule has 0 aliphatic carbocycles. The van der Waals surface area contributed by atoms with Crippen molar-refractivity contribution < 1.29 is 14.0 Å². The molecule has 0 radical (unpaired) electrons. The largest absolute Gasteiger partial charge is 0.324 e. The molecule has 2 aliphatic rings. The minimum absolute atomic E-state index is 0.174. The maximum absolute atomic E-state index is 14.7. The summed E-state index contributed by atoms with van der Waals surface area (Å²) >= 11 is 1.54. The maximum atomic E-state index is 14.7. The highest BCUT2D eigenvalue weighted by Crippen LogP contribution is 2.29.